The van der Waals surface area contributed by atoms with E-state index in [1.165, 1.54) is 0 Å². The number of nitrogens with zero attached hydrogens (tertiary/aromatic N) is 1. The Kier molecular flexibility index (Phi) is 6.71. The van der Waals surface area contributed by atoms with E-state index in [9.17, 15) is 9.90 Å². The highest BCUT2D eigenvalue weighted by atomic mass is 16.5. The normalized spacial score (nSPS) is 19.1. The van der Waals surface area contributed by atoms with E-state index in [0.717, 1.165) is 12.0 Å². The third kappa shape index (κ3) is 5.10. The van der Waals surface area contributed by atoms with Crippen LogP contribution in [-0.4, -0.2) is 40.3 Å². The number of carboxylic acids is 1. The Labute approximate surface area is 181 Å². The first-order valence-electron chi connectivity index (χ1n) is 10.0. The zero-order valence-corrected chi connectivity index (χ0v) is 17.4. The molecule has 3 rings (SSSR count). The molecule has 2 atom stereocenters. The second-order valence-electron chi connectivity index (χ2n) is 7.44. The molecule has 1 fully saturated rings. The number of phenols is 1. The number of hydrogen-bond donors (Lipinski definition) is 5. The third-order valence-corrected chi connectivity index (χ3v) is 5.30. The van der Waals surface area contributed by atoms with Crippen LogP contribution in [0.4, 0.5) is 0 Å². The summed E-state index contributed by atoms with van der Waals surface area (Å²) >= 11 is 0. The van der Waals surface area contributed by atoms with Crippen molar-refractivity contribution in [2.24, 2.45) is 17.2 Å². The lowest BCUT2D eigenvalue weighted by atomic mass is 10.0. The number of ether oxygens (including phenoxy) is 1. The highest BCUT2D eigenvalue weighted by Gasteiger charge is 2.29. The predicted molar refractivity (Wildman–Crippen MR) is 119 cm³/mol. The molecular formula is C23H28N4O4. The molecule has 0 spiro atoms. The topological polar surface area (TPSA) is 148 Å². The Morgan fingerprint density at radius 1 is 1.13 bits per heavy atom. The van der Waals surface area contributed by atoms with E-state index in [0.29, 0.717) is 30.0 Å². The highest BCUT2D eigenvalue weighted by molar-refractivity contribution is 5.87. The van der Waals surface area contributed by atoms with E-state index in [1.807, 2.05) is 11.8 Å². The van der Waals surface area contributed by atoms with Crippen LogP contribution >= 0.6 is 0 Å². The van der Waals surface area contributed by atoms with Crippen LogP contribution in [0.15, 0.2) is 66.1 Å². The molecule has 8 heteroatoms. The van der Waals surface area contributed by atoms with Gasteiger partial charge >= 0.3 is 5.97 Å². The molecule has 0 aliphatic carbocycles. The molecule has 1 heterocycles. The smallest absolute Gasteiger partial charge is 0.335 e. The lowest BCUT2D eigenvalue weighted by Crippen LogP contribution is -2.44. The third-order valence-electron chi connectivity index (χ3n) is 5.30. The number of carboxylic acid groups (broad SMARTS) is 1. The lowest BCUT2D eigenvalue weighted by molar-refractivity contribution is -0.0782. The Balaban J connectivity index is 1.91. The number of carbonyl (C=O) groups is 1. The maximum Gasteiger partial charge on any atom is 0.335 e. The molecule has 0 saturated carbocycles. The number of rotatable bonds is 6. The number of para-hydroxylation sites is 1. The van der Waals surface area contributed by atoms with E-state index >= 15 is 0 Å². The minimum absolute atomic E-state index is 0.0657. The summed E-state index contributed by atoms with van der Waals surface area (Å²) in [7, 11) is 0. The second-order valence-corrected chi connectivity index (χ2v) is 7.44. The quantitative estimate of drug-likeness (QED) is 0.444. The monoisotopic (exact) mass is 424 g/mol. The van der Waals surface area contributed by atoms with Crippen molar-refractivity contribution in [1.82, 2.24) is 4.90 Å². The van der Waals surface area contributed by atoms with Crippen LogP contribution in [0.3, 0.4) is 0 Å². The molecule has 31 heavy (non-hydrogen) atoms. The van der Waals surface area contributed by atoms with Crippen LogP contribution in [0.1, 0.15) is 40.9 Å². The van der Waals surface area contributed by atoms with E-state index in [4.69, 9.17) is 27.0 Å². The molecule has 2 unspecified atom stereocenters. The van der Waals surface area contributed by atoms with Gasteiger partial charge in [0.2, 0.25) is 0 Å². The Morgan fingerprint density at radius 2 is 1.81 bits per heavy atom. The summed E-state index contributed by atoms with van der Waals surface area (Å²) in [6.45, 7) is 3.05. The van der Waals surface area contributed by atoms with Crippen molar-refractivity contribution in [2.75, 3.05) is 13.1 Å². The van der Waals surface area contributed by atoms with Gasteiger partial charge in [-0.25, -0.2) is 4.79 Å². The number of nitrogens with two attached hydrogens (primary N) is 3. The Morgan fingerprint density at radius 3 is 2.39 bits per heavy atom. The average molecular weight is 425 g/mol. The number of aromatic hydroxyl groups is 1. The maximum atomic E-state index is 11.1. The summed E-state index contributed by atoms with van der Waals surface area (Å²) in [6, 6.07) is 13.4. The van der Waals surface area contributed by atoms with Crippen molar-refractivity contribution in [3.05, 3.63) is 82.8 Å². The van der Waals surface area contributed by atoms with Crippen LogP contribution in [-0.2, 0) is 4.74 Å². The van der Waals surface area contributed by atoms with Gasteiger partial charge in [-0.05, 0) is 42.3 Å². The molecule has 164 valence electrons. The number of benzene rings is 2. The van der Waals surface area contributed by atoms with Crippen molar-refractivity contribution in [1.29, 1.82) is 0 Å². The largest absolute Gasteiger partial charge is 0.507 e. The van der Waals surface area contributed by atoms with Gasteiger partial charge in [-0.2, -0.15) is 0 Å². The van der Waals surface area contributed by atoms with Gasteiger partial charge < -0.3 is 37.1 Å². The van der Waals surface area contributed by atoms with Gasteiger partial charge in [0, 0.05) is 24.4 Å². The van der Waals surface area contributed by atoms with E-state index in [2.05, 4.69) is 0 Å². The van der Waals surface area contributed by atoms with Gasteiger partial charge in [0.1, 0.15) is 17.7 Å². The van der Waals surface area contributed by atoms with Crippen LogP contribution in [0.25, 0.3) is 5.70 Å². The van der Waals surface area contributed by atoms with Gasteiger partial charge in [0.15, 0.2) is 0 Å². The predicted octanol–water partition coefficient (Wildman–Crippen LogP) is 2.33. The lowest BCUT2D eigenvalue weighted by Gasteiger charge is -2.40. The zero-order valence-electron chi connectivity index (χ0n) is 17.4. The number of hydrogen-bond acceptors (Lipinski definition) is 7. The first kappa shape index (κ1) is 22.0. The van der Waals surface area contributed by atoms with E-state index in [-0.39, 0.29) is 29.3 Å². The standard InChI is InChI=1S/C23H28N4O4/c1-2-16-12-27(13-21(31-16)14-7-9-15(10-8-14)23(29)30)19(22(25)26)11-18(24)17-5-3-4-6-20(17)28/h3-11,16,21,28H,2,12-13,24-26H2,1H3,(H,29,30)/b18-11-. The Hall–Kier alpha value is -3.65. The fraction of sp³-hybridized carbons (Fsp3) is 0.261. The van der Waals surface area contributed by atoms with E-state index in [1.54, 1.807) is 54.6 Å². The molecule has 0 bridgehead atoms. The van der Waals surface area contributed by atoms with Crippen molar-refractivity contribution < 1.29 is 19.7 Å². The SMILES string of the molecule is CCC1CN(C(/C=C(\N)c2ccccc2O)=C(N)N)CC(c2ccc(C(=O)O)cc2)O1. The van der Waals surface area contributed by atoms with Gasteiger partial charge in [-0.15, -0.1) is 0 Å². The summed E-state index contributed by atoms with van der Waals surface area (Å²) in [5.74, 6) is -0.804. The molecule has 0 aromatic heterocycles. The molecule has 0 radical (unpaired) electrons. The molecule has 1 aliphatic heterocycles. The summed E-state index contributed by atoms with van der Waals surface area (Å²) < 4.78 is 6.21. The van der Waals surface area contributed by atoms with Crippen molar-refractivity contribution >= 4 is 11.7 Å². The first-order chi connectivity index (χ1) is 14.8. The number of morpholine rings is 1. The molecule has 8 N–H and O–H groups in total. The Bertz CT molecular complexity index is 997. The number of phenolic OH excluding ortho intramolecular Hbond substituents is 1. The zero-order chi connectivity index (χ0) is 22.5. The van der Waals surface area contributed by atoms with Gasteiger partial charge in [-0.3, -0.25) is 0 Å². The molecule has 8 nitrogen and oxygen atoms in total. The minimum Gasteiger partial charge on any atom is -0.507 e. The van der Waals surface area contributed by atoms with E-state index < -0.39 is 5.97 Å². The summed E-state index contributed by atoms with van der Waals surface area (Å²) in [6.07, 6.45) is 2.06. The fourth-order valence-corrected chi connectivity index (χ4v) is 3.59. The number of allylic oxidation sites excluding steroid dienone is 1. The summed E-state index contributed by atoms with van der Waals surface area (Å²) in [4.78, 5) is 13.1. The van der Waals surface area contributed by atoms with Crippen LogP contribution in [0.5, 0.6) is 5.75 Å². The average Bonchev–Trinajstić information content (AvgIpc) is 2.77. The molecule has 2 aromatic carbocycles. The number of aromatic carboxylic acids is 1. The molecule has 1 saturated heterocycles. The molecule has 2 aromatic rings. The summed E-state index contributed by atoms with van der Waals surface area (Å²) in [5.41, 5.74) is 20.7. The second kappa shape index (κ2) is 9.44. The van der Waals surface area contributed by atoms with Crippen molar-refractivity contribution in [3.63, 3.8) is 0 Å². The van der Waals surface area contributed by atoms with Crippen molar-refractivity contribution in [3.8, 4) is 5.75 Å². The van der Waals surface area contributed by atoms with Gasteiger partial charge in [0.05, 0.1) is 17.4 Å². The van der Waals surface area contributed by atoms with Crippen LogP contribution in [0, 0.1) is 0 Å². The summed E-state index contributed by atoms with van der Waals surface area (Å²) in [5, 5.41) is 19.2. The molecule has 0 amide bonds. The molecular weight excluding hydrogens is 396 g/mol. The maximum absolute atomic E-state index is 11.1. The van der Waals surface area contributed by atoms with Gasteiger partial charge in [-0.1, -0.05) is 31.2 Å². The fourth-order valence-electron chi connectivity index (χ4n) is 3.59. The van der Waals surface area contributed by atoms with Gasteiger partial charge in [0.25, 0.3) is 0 Å². The van der Waals surface area contributed by atoms with Crippen LogP contribution < -0.4 is 17.2 Å². The van der Waals surface area contributed by atoms with Crippen LogP contribution in [0.2, 0.25) is 0 Å². The highest BCUT2D eigenvalue weighted by Crippen LogP contribution is 2.30. The first-order valence-corrected chi connectivity index (χ1v) is 10.0. The van der Waals surface area contributed by atoms with Crippen molar-refractivity contribution in [2.45, 2.75) is 25.6 Å². The minimum atomic E-state index is -0.977. The molecule has 1 aliphatic rings.